The van der Waals surface area contributed by atoms with Crippen molar-refractivity contribution in [1.82, 2.24) is 14.3 Å². The highest BCUT2D eigenvalue weighted by Crippen LogP contribution is 2.29. The first-order valence-corrected chi connectivity index (χ1v) is 11.6. The molecule has 4 N–H and O–H groups in total. The summed E-state index contributed by atoms with van der Waals surface area (Å²) in [5.74, 6) is 1.13. The number of nitrogens with two attached hydrogens (primary N) is 1. The van der Waals surface area contributed by atoms with Crippen LogP contribution in [0.1, 0.15) is 46.0 Å². The zero-order valence-electron chi connectivity index (χ0n) is 17.1. The summed E-state index contributed by atoms with van der Waals surface area (Å²) in [4.78, 5) is 8.79. The molecule has 0 bridgehead atoms. The minimum absolute atomic E-state index is 0.266. The van der Waals surface area contributed by atoms with Gasteiger partial charge in [-0.05, 0) is 37.1 Å². The second kappa shape index (κ2) is 9.41. The van der Waals surface area contributed by atoms with Gasteiger partial charge in [-0.2, -0.15) is 4.31 Å². The van der Waals surface area contributed by atoms with Gasteiger partial charge in [-0.1, -0.05) is 33.1 Å². The van der Waals surface area contributed by atoms with Crippen molar-refractivity contribution in [3.63, 3.8) is 0 Å². The van der Waals surface area contributed by atoms with E-state index in [1.54, 1.807) is 24.3 Å². The summed E-state index contributed by atoms with van der Waals surface area (Å²) in [7, 11) is -3.48. The molecule has 1 fully saturated rings. The van der Waals surface area contributed by atoms with Gasteiger partial charge in [0.1, 0.15) is 12.0 Å². The maximum atomic E-state index is 12.6. The Morgan fingerprint density at radius 3 is 2.28 bits per heavy atom. The Bertz CT molecular complexity index is 907. The van der Waals surface area contributed by atoms with Gasteiger partial charge in [0.15, 0.2) is 11.6 Å². The predicted octanol–water partition coefficient (Wildman–Crippen LogP) is 3.58. The van der Waals surface area contributed by atoms with Gasteiger partial charge in [0.05, 0.1) is 4.90 Å². The molecule has 29 heavy (non-hydrogen) atoms. The van der Waals surface area contributed by atoms with Crippen molar-refractivity contribution in [2.75, 3.05) is 29.5 Å². The summed E-state index contributed by atoms with van der Waals surface area (Å²) in [6.45, 7) is 4.53. The third-order valence-electron chi connectivity index (χ3n) is 5.29. The third kappa shape index (κ3) is 4.97. The van der Waals surface area contributed by atoms with Crippen molar-refractivity contribution >= 4 is 33.0 Å². The maximum absolute atomic E-state index is 12.6. The molecule has 0 aliphatic heterocycles. The summed E-state index contributed by atoms with van der Waals surface area (Å²) in [6.07, 6.45) is 7.43. The average molecular weight is 419 g/mol. The Hall–Kier alpha value is -2.39. The molecule has 1 aromatic heterocycles. The molecule has 0 amide bonds. The fourth-order valence-electron chi connectivity index (χ4n) is 3.61. The number of nitrogens with zero attached hydrogens (tertiary/aromatic N) is 3. The predicted molar refractivity (Wildman–Crippen MR) is 117 cm³/mol. The molecular weight excluding hydrogens is 388 g/mol. The first-order chi connectivity index (χ1) is 14.0. The highest BCUT2D eigenvalue weighted by atomic mass is 32.2. The Morgan fingerprint density at radius 2 is 1.66 bits per heavy atom. The van der Waals surface area contributed by atoms with Crippen molar-refractivity contribution in [3.8, 4) is 0 Å². The Labute approximate surface area is 173 Å². The van der Waals surface area contributed by atoms with Crippen LogP contribution in [0.2, 0.25) is 0 Å². The molecule has 1 heterocycles. The summed E-state index contributed by atoms with van der Waals surface area (Å²) in [6, 6.07) is 7.00. The molecule has 2 aromatic rings. The fourth-order valence-corrected chi connectivity index (χ4v) is 5.07. The van der Waals surface area contributed by atoms with Gasteiger partial charge in [0.25, 0.3) is 0 Å². The van der Waals surface area contributed by atoms with E-state index in [4.69, 9.17) is 5.73 Å². The van der Waals surface area contributed by atoms with Crippen LogP contribution in [0.3, 0.4) is 0 Å². The van der Waals surface area contributed by atoms with E-state index in [0.717, 1.165) is 12.8 Å². The van der Waals surface area contributed by atoms with E-state index in [1.165, 1.54) is 29.9 Å². The lowest BCUT2D eigenvalue weighted by atomic mass is 9.95. The number of nitrogens with one attached hydrogen (secondary N) is 2. The molecule has 1 saturated carbocycles. The van der Waals surface area contributed by atoms with Gasteiger partial charge < -0.3 is 16.4 Å². The summed E-state index contributed by atoms with van der Waals surface area (Å²) in [5.41, 5.74) is 7.43. The molecule has 9 heteroatoms. The van der Waals surface area contributed by atoms with Crippen LogP contribution in [-0.2, 0) is 10.0 Å². The first kappa shape index (κ1) is 21.3. The minimum Gasteiger partial charge on any atom is -0.393 e. The zero-order chi connectivity index (χ0) is 20.9. The monoisotopic (exact) mass is 418 g/mol. The highest BCUT2D eigenvalue weighted by Gasteiger charge is 2.21. The lowest BCUT2D eigenvalue weighted by Crippen LogP contribution is -2.30. The summed E-state index contributed by atoms with van der Waals surface area (Å²) >= 11 is 0. The molecular formula is C20H30N6O2S. The lowest BCUT2D eigenvalue weighted by molar-refractivity contribution is 0.445. The molecule has 0 spiro atoms. The second-order valence-corrected chi connectivity index (χ2v) is 9.14. The van der Waals surface area contributed by atoms with Gasteiger partial charge in [-0.25, -0.2) is 18.4 Å². The fraction of sp³-hybridized carbons (Fsp3) is 0.500. The first-order valence-electron chi connectivity index (χ1n) is 10.2. The third-order valence-corrected chi connectivity index (χ3v) is 7.35. The van der Waals surface area contributed by atoms with Crippen LogP contribution < -0.4 is 16.4 Å². The van der Waals surface area contributed by atoms with Crippen LogP contribution in [-0.4, -0.2) is 41.8 Å². The molecule has 3 rings (SSSR count). The van der Waals surface area contributed by atoms with Gasteiger partial charge in [0, 0.05) is 24.8 Å². The van der Waals surface area contributed by atoms with Crippen LogP contribution in [0.25, 0.3) is 0 Å². The van der Waals surface area contributed by atoms with Gasteiger partial charge in [0.2, 0.25) is 10.0 Å². The molecule has 0 saturated heterocycles. The van der Waals surface area contributed by atoms with E-state index in [2.05, 4.69) is 20.6 Å². The molecule has 0 atom stereocenters. The normalized spacial score (nSPS) is 15.4. The quantitative estimate of drug-likeness (QED) is 0.600. The van der Waals surface area contributed by atoms with Crippen LogP contribution in [0.5, 0.6) is 0 Å². The number of anilines is 4. The summed E-state index contributed by atoms with van der Waals surface area (Å²) in [5, 5.41) is 6.59. The number of sulfonamides is 1. The number of benzene rings is 1. The molecule has 0 radical (unpaired) electrons. The average Bonchev–Trinajstić information content (AvgIpc) is 2.73. The zero-order valence-corrected chi connectivity index (χ0v) is 17.9. The van der Waals surface area contributed by atoms with E-state index >= 15 is 0 Å². The van der Waals surface area contributed by atoms with E-state index in [9.17, 15) is 8.42 Å². The van der Waals surface area contributed by atoms with Crippen molar-refractivity contribution in [2.45, 2.75) is 56.9 Å². The molecule has 158 valence electrons. The van der Waals surface area contributed by atoms with Crippen molar-refractivity contribution in [2.24, 2.45) is 0 Å². The van der Waals surface area contributed by atoms with Crippen LogP contribution in [0.15, 0.2) is 35.5 Å². The Kier molecular flexibility index (Phi) is 6.92. The number of hydrogen-bond donors (Lipinski definition) is 3. The van der Waals surface area contributed by atoms with Crippen LogP contribution >= 0.6 is 0 Å². The van der Waals surface area contributed by atoms with E-state index in [0.29, 0.717) is 42.1 Å². The second-order valence-electron chi connectivity index (χ2n) is 7.20. The smallest absolute Gasteiger partial charge is 0.243 e. The van der Waals surface area contributed by atoms with Crippen LogP contribution in [0.4, 0.5) is 23.0 Å². The van der Waals surface area contributed by atoms with Gasteiger partial charge in [-0.3, -0.25) is 0 Å². The molecule has 8 nitrogen and oxygen atoms in total. The lowest BCUT2D eigenvalue weighted by Gasteiger charge is -2.24. The SMILES string of the molecule is CCN(CC)S(=O)(=O)c1ccc(Nc2ncnc(NC3CCCCC3)c2N)cc1. The largest absolute Gasteiger partial charge is 0.393 e. The van der Waals surface area contributed by atoms with E-state index in [-0.39, 0.29) is 4.90 Å². The standard InChI is InChI=1S/C20H30N6O2S/c1-3-26(4-2)29(27,28)17-12-10-16(11-13-17)25-20-18(21)19(22-14-23-20)24-15-8-6-5-7-9-15/h10-15H,3-9,21H2,1-2H3,(H2,22,23,24,25). The molecule has 1 aliphatic carbocycles. The number of hydrogen-bond acceptors (Lipinski definition) is 7. The minimum atomic E-state index is -3.48. The topological polar surface area (TPSA) is 113 Å². The summed E-state index contributed by atoms with van der Waals surface area (Å²) < 4.78 is 26.6. The Morgan fingerprint density at radius 1 is 1.03 bits per heavy atom. The van der Waals surface area contributed by atoms with Crippen molar-refractivity contribution in [1.29, 1.82) is 0 Å². The van der Waals surface area contributed by atoms with Crippen molar-refractivity contribution < 1.29 is 8.42 Å². The number of aromatic nitrogens is 2. The van der Waals surface area contributed by atoms with E-state index in [1.807, 2.05) is 13.8 Å². The number of nitrogen functional groups attached to an aromatic ring is 1. The highest BCUT2D eigenvalue weighted by molar-refractivity contribution is 7.89. The van der Waals surface area contributed by atoms with Gasteiger partial charge >= 0.3 is 0 Å². The van der Waals surface area contributed by atoms with E-state index < -0.39 is 10.0 Å². The molecule has 1 aromatic carbocycles. The maximum Gasteiger partial charge on any atom is 0.243 e. The molecule has 0 unspecified atom stereocenters. The Balaban J connectivity index is 1.74. The number of rotatable bonds is 8. The van der Waals surface area contributed by atoms with Crippen LogP contribution in [0, 0.1) is 0 Å². The molecule has 1 aliphatic rings. The van der Waals surface area contributed by atoms with Gasteiger partial charge in [-0.15, -0.1) is 0 Å². The van der Waals surface area contributed by atoms with Crippen molar-refractivity contribution in [3.05, 3.63) is 30.6 Å².